The first-order chi connectivity index (χ1) is 15.3. The van der Waals surface area contributed by atoms with Gasteiger partial charge in [-0.3, -0.25) is 4.40 Å². The number of pyridine rings is 1. The maximum atomic E-state index is 12.3. The number of anilines is 2. The van der Waals surface area contributed by atoms with Gasteiger partial charge in [0, 0.05) is 36.1 Å². The van der Waals surface area contributed by atoms with Crippen LogP contribution in [0.15, 0.2) is 61.2 Å². The molecule has 0 aliphatic rings. The molecule has 4 rings (SSSR count). The number of fused-ring (bicyclic) bond motifs is 1. The fraction of sp³-hybridized carbons (Fsp3) is 0.143. The zero-order valence-electron chi connectivity index (χ0n) is 16.8. The molecular formula is C21H18F3N7O. The van der Waals surface area contributed by atoms with Crippen LogP contribution in [0.2, 0.25) is 0 Å². The van der Waals surface area contributed by atoms with Gasteiger partial charge in [-0.2, -0.15) is 13.2 Å². The number of aromatic nitrogens is 4. The van der Waals surface area contributed by atoms with Gasteiger partial charge in [-0.15, -0.1) is 0 Å². The molecule has 11 heteroatoms. The van der Waals surface area contributed by atoms with Crippen molar-refractivity contribution in [2.75, 3.05) is 24.2 Å². The number of halogens is 3. The molecule has 0 saturated heterocycles. The van der Waals surface area contributed by atoms with Crippen molar-refractivity contribution in [1.29, 1.82) is 0 Å². The van der Waals surface area contributed by atoms with E-state index in [1.807, 2.05) is 34.9 Å². The van der Waals surface area contributed by atoms with E-state index < -0.39 is 18.8 Å². The van der Waals surface area contributed by atoms with Crippen LogP contribution in [-0.4, -0.2) is 45.2 Å². The quantitative estimate of drug-likeness (QED) is 0.432. The Morgan fingerprint density at radius 1 is 1.06 bits per heavy atom. The maximum absolute atomic E-state index is 12.3. The van der Waals surface area contributed by atoms with E-state index in [2.05, 4.69) is 25.6 Å². The standard InChI is InChI=1S/C21H18F3N7O/c1-25-18-9-16(28-12-29-18)13-5-6-31-17(10-26-19(31)8-13)14-3-2-4-15(7-14)30-20(32)27-11-21(22,23)24/h2-10,12H,11H2,1H3,(H,25,28,29)(H2,27,30,32). The molecule has 0 unspecified atom stereocenters. The molecule has 32 heavy (non-hydrogen) atoms. The summed E-state index contributed by atoms with van der Waals surface area (Å²) in [5, 5.41) is 7.16. The largest absolute Gasteiger partial charge is 0.405 e. The Hall–Kier alpha value is -4.15. The number of alkyl halides is 3. The summed E-state index contributed by atoms with van der Waals surface area (Å²) in [5.74, 6) is 0.697. The van der Waals surface area contributed by atoms with E-state index in [4.69, 9.17) is 0 Å². The molecule has 4 aromatic rings. The molecule has 3 heterocycles. The Bertz CT molecular complexity index is 1270. The second kappa shape index (κ2) is 8.53. The van der Waals surface area contributed by atoms with E-state index in [1.54, 1.807) is 36.8 Å². The molecule has 8 nitrogen and oxygen atoms in total. The third kappa shape index (κ3) is 4.77. The summed E-state index contributed by atoms with van der Waals surface area (Å²) in [6, 6.07) is 11.4. The van der Waals surface area contributed by atoms with E-state index >= 15 is 0 Å². The molecule has 0 atom stereocenters. The van der Waals surface area contributed by atoms with Gasteiger partial charge in [0.15, 0.2) is 0 Å². The lowest BCUT2D eigenvalue weighted by Gasteiger charge is -2.11. The molecule has 164 valence electrons. The number of carbonyl (C=O) groups is 1. The third-order valence-corrected chi connectivity index (χ3v) is 4.60. The maximum Gasteiger partial charge on any atom is 0.405 e. The second-order valence-corrected chi connectivity index (χ2v) is 6.83. The predicted octanol–water partition coefficient (Wildman–Crippen LogP) is 4.18. The molecule has 0 spiro atoms. The van der Waals surface area contributed by atoms with Crippen molar-refractivity contribution in [1.82, 2.24) is 24.7 Å². The lowest BCUT2D eigenvalue weighted by atomic mass is 10.1. The van der Waals surface area contributed by atoms with Crippen molar-refractivity contribution in [2.45, 2.75) is 6.18 Å². The molecule has 1 aromatic carbocycles. The van der Waals surface area contributed by atoms with E-state index in [0.717, 1.165) is 22.5 Å². The van der Waals surface area contributed by atoms with E-state index in [1.165, 1.54) is 6.33 Å². The number of imidazole rings is 1. The van der Waals surface area contributed by atoms with Crippen molar-refractivity contribution in [3.05, 3.63) is 61.2 Å². The molecule has 3 N–H and O–H groups in total. The number of urea groups is 1. The third-order valence-electron chi connectivity index (χ3n) is 4.60. The van der Waals surface area contributed by atoms with Crippen LogP contribution >= 0.6 is 0 Å². The lowest BCUT2D eigenvalue weighted by Crippen LogP contribution is -2.36. The summed E-state index contributed by atoms with van der Waals surface area (Å²) in [5.41, 5.74) is 4.14. The Balaban J connectivity index is 1.57. The topological polar surface area (TPSA) is 96.2 Å². The van der Waals surface area contributed by atoms with Crippen LogP contribution in [0.1, 0.15) is 0 Å². The normalized spacial score (nSPS) is 11.4. The number of nitrogens with one attached hydrogen (secondary N) is 3. The minimum absolute atomic E-state index is 0.356. The monoisotopic (exact) mass is 441 g/mol. The van der Waals surface area contributed by atoms with Crippen LogP contribution in [0.5, 0.6) is 0 Å². The molecular weight excluding hydrogens is 423 g/mol. The van der Waals surface area contributed by atoms with Crippen LogP contribution in [0.4, 0.5) is 29.5 Å². The molecule has 0 radical (unpaired) electrons. The van der Waals surface area contributed by atoms with Gasteiger partial charge >= 0.3 is 12.2 Å². The van der Waals surface area contributed by atoms with Crippen molar-refractivity contribution in [3.63, 3.8) is 0 Å². The zero-order chi connectivity index (χ0) is 22.7. The van der Waals surface area contributed by atoms with Crippen molar-refractivity contribution in [2.24, 2.45) is 0 Å². The number of benzene rings is 1. The lowest BCUT2D eigenvalue weighted by molar-refractivity contribution is -0.122. The predicted molar refractivity (Wildman–Crippen MR) is 114 cm³/mol. The molecule has 0 bridgehead atoms. The molecule has 0 saturated carbocycles. The van der Waals surface area contributed by atoms with Gasteiger partial charge in [0.25, 0.3) is 0 Å². The van der Waals surface area contributed by atoms with Crippen molar-refractivity contribution in [3.8, 4) is 22.5 Å². The average Bonchev–Trinajstić information content (AvgIpc) is 3.21. The number of rotatable bonds is 5. The number of amides is 2. The van der Waals surface area contributed by atoms with Gasteiger partial charge in [-0.05, 0) is 24.3 Å². The summed E-state index contributed by atoms with van der Waals surface area (Å²) >= 11 is 0. The van der Waals surface area contributed by atoms with Crippen LogP contribution in [0.3, 0.4) is 0 Å². The first-order valence-corrected chi connectivity index (χ1v) is 9.52. The van der Waals surface area contributed by atoms with E-state index in [-0.39, 0.29) is 0 Å². The van der Waals surface area contributed by atoms with Gasteiger partial charge in [-0.25, -0.2) is 19.7 Å². The Morgan fingerprint density at radius 3 is 2.69 bits per heavy atom. The zero-order valence-corrected chi connectivity index (χ0v) is 16.8. The summed E-state index contributed by atoms with van der Waals surface area (Å²) in [4.78, 5) is 24.6. The molecule has 2 amide bonds. The molecule has 0 aliphatic carbocycles. The van der Waals surface area contributed by atoms with Crippen LogP contribution in [0, 0.1) is 0 Å². The van der Waals surface area contributed by atoms with Crippen LogP contribution < -0.4 is 16.0 Å². The number of carbonyl (C=O) groups excluding carboxylic acids is 1. The highest BCUT2D eigenvalue weighted by molar-refractivity contribution is 5.90. The first kappa shape index (κ1) is 21.1. The smallest absolute Gasteiger partial charge is 0.373 e. The fourth-order valence-electron chi connectivity index (χ4n) is 3.12. The SMILES string of the molecule is CNc1cc(-c2ccn3c(-c4cccc(NC(=O)NCC(F)(F)F)c4)cnc3c2)ncn1. The van der Waals surface area contributed by atoms with Crippen LogP contribution in [-0.2, 0) is 0 Å². The second-order valence-electron chi connectivity index (χ2n) is 6.83. The Morgan fingerprint density at radius 2 is 1.91 bits per heavy atom. The van der Waals surface area contributed by atoms with Gasteiger partial charge in [0.05, 0.1) is 17.6 Å². The van der Waals surface area contributed by atoms with Gasteiger partial charge in [0.2, 0.25) is 0 Å². The Labute approximate surface area is 180 Å². The number of hydrogen-bond acceptors (Lipinski definition) is 5. The molecule has 3 aromatic heterocycles. The first-order valence-electron chi connectivity index (χ1n) is 9.52. The van der Waals surface area contributed by atoms with E-state index in [0.29, 0.717) is 17.2 Å². The minimum Gasteiger partial charge on any atom is -0.373 e. The van der Waals surface area contributed by atoms with Gasteiger partial charge in [-0.1, -0.05) is 12.1 Å². The van der Waals surface area contributed by atoms with Crippen molar-refractivity contribution >= 4 is 23.2 Å². The van der Waals surface area contributed by atoms with Gasteiger partial charge in [0.1, 0.15) is 24.3 Å². The highest BCUT2D eigenvalue weighted by atomic mass is 19.4. The fourth-order valence-corrected chi connectivity index (χ4v) is 3.12. The van der Waals surface area contributed by atoms with Gasteiger partial charge < -0.3 is 16.0 Å². The number of hydrogen-bond donors (Lipinski definition) is 3. The molecule has 0 aliphatic heterocycles. The van der Waals surface area contributed by atoms with Crippen LogP contribution in [0.25, 0.3) is 28.2 Å². The minimum atomic E-state index is -4.48. The Kier molecular flexibility index (Phi) is 5.63. The molecule has 0 fully saturated rings. The highest BCUT2D eigenvalue weighted by Gasteiger charge is 2.27. The summed E-state index contributed by atoms with van der Waals surface area (Å²) in [7, 11) is 1.78. The summed E-state index contributed by atoms with van der Waals surface area (Å²) < 4.78 is 38.7. The average molecular weight is 441 g/mol. The highest BCUT2D eigenvalue weighted by Crippen LogP contribution is 2.26. The summed E-state index contributed by atoms with van der Waals surface area (Å²) in [6.07, 6.45) is 0.534. The number of nitrogens with zero attached hydrogens (tertiary/aromatic N) is 4. The summed E-state index contributed by atoms with van der Waals surface area (Å²) in [6.45, 7) is -1.41. The van der Waals surface area contributed by atoms with Crippen molar-refractivity contribution < 1.29 is 18.0 Å². The van der Waals surface area contributed by atoms with E-state index in [9.17, 15) is 18.0 Å².